The molecule has 0 heterocycles. The minimum Gasteiger partial charge on any atom is -0.480 e. The highest BCUT2D eigenvalue weighted by atomic mass is 32.2. The van der Waals surface area contributed by atoms with Gasteiger partial charge in [0.05, 0.1) is 6.61 Å². The third-order valence-corrected chi connectivity index (χ3v) is 5.32. The van der Waals surface area contributed by atoms with Crippen LogP contribution < -0.4 is 33.2 Å². The number of nitrogens with two attached hydrogens (primary N) is 3. The zero-order valence-corrected chi connectivity index (χ0v) is 20.8. The van der Waals surface area contributed by atoms with Crippen molar-refractivity contribution < 1.29 is 29.4 Å². The van der Waals surface area contributed by atoms with Crippen molar-refractivity contribution in [1.29, 1.82) is 0 Å². The molecule has 196 valence electrons. The second-order valence-corrected chi connectivity index (χ2v) is 9.16. The summed E-state index contributed by atoms with van der Waals surface area (Å²) in [6.45, 7) is 3.34. The topological polar surface area (TPSA) is 235 Å². The van der Waals surface area contributed by atoms with Gasteiger partial charge in [0.25, 0.3) is 0 Å². The van der Waals surface area contributed by atoms with E-state index >= 15 is 0 Å². The predicted molar refractivity (Wildman–Crippen MR) is 131 cm³/mol. The summed E-state index contributed by atoms with van der Waals surface area (Å²) in [4.78, 5) is 53.3. The summed E-state index contributed by atoms with van der Waals surface area (Å²) in [5.41, 5.74) is 16.0. The molecule has 0 rings (SSSR count). The lowest BCUT2D eigenvalue weighted by Crippen LogP contribution is -2.57. The monoisotopic (exact) mass is 505 g/mol. The summed E-state index contributed by atoms with van der Waals surface area (Å²) in [6, 6.07) is -4.38. The van der Waals surface area contributed by atoms with Crippen LogP contribution in [-0.2, 0) is 19.2 Å². The van der Waals surface area contributed by atoms with Crippen LogP contribution in [-0.4, -0.2) is 89.2 Å². The first-order valence-corrected chi connectivity index (χ1v) is 12.4. The summed E-state index contributed by atoms with van der Waals surface area (Å²) in [5.74, 6) is -2.74. The van der Waals surface area contributed by atoms with E-state index in [0.29, 0.717) is 12.2 Å². The van der Waals surface area contributed by atoms with Crippen LogP contribution in [0.15, 0.2) is 4.99 Å². The van der Waals surface area contributed by atoms with Crippen LogP contribution in [0.25, 0.3) is 0 Å². The van der Waals surface area contributed by atoms with E-state index in [0.717, 1.165) is 0 Å². The van der Waals surface area contributed by atoms with Crippen LogP contribution >= 0.6 is 11.8 Å². The van der Waals surface area contributed by atoms with E-state index in [1.165, 1.54) is 11.8 Å². The fourth-order valence-electron chi connectivity index (χ4n) is 2.87. The van der Waals surface area contributed by atoms with Crippen LogP contribution in [0.5, 0.6) is 0 Å². The van der Waals surface area contributed by atoms with Crippen LogP contribution in [0.2, 0.25) is 0 Å². The number of aliphatic hydroxyl groups is 1. The number of amides is 3. The number of guanidine groups is 1. The summed E-state index contributed by atoms with van der Waals surface area (Å²) in [5, 5.41) is 26.1. The van der Waals surface area contributed by atoms with E-state index in [-0.39, 0.29) is 37.7 Å². The summed E-state index contributed by atoms with van der Waals surface area (Å²) >= 11 is 1.46. The van der Waals surface area contributed by atoms with Gasteiger partial charge in [-0.05, 0) is 43.6 Å². The van der Waals surface area contributed by atoms with E-state index in [4.69, 9.17) is 22.3 Å². The maximum Gasteiger partial charge on any atom is 0.326 e. The third-order valence-electron chi connectivity index (χ3n) is 4.68. The first kappa shape index (κ1) is 31.4. The average Bonchev–Trinajstić information content (AvgIpc) is 2.76. The maximum atomic E-state index is 12.9. The second kappa shape index (κ2) is 16.9. The number of carbonyl (C=O) groups is 4. The first-order valence-electron chi connectivity index (χ1n) is 11.0. The number of hydrogen-bond acceptors (Lipinski definition) is 8. The minimum atomic E-state index is -1.23. The van der Waals surface area contributed by atoms with Gasteiger partial charge in [0.2, 0.25) is 17.7 Å². The number of rotatable bonds is 17. The standard InChI is InChI=1S/C20H39N7O6S/c1-11(2)9-15(27-16(29)12(21)10-28)18(31)25-13(6-8-34-3)17(30)26-14(19(32)33)5-4-7-24-20(22)23/h11-15,28H,4-10,21H2,1-3H3,(H,25,31)(H,26,30)(H,27,29)(H,32,33)(H4,22,23,24). The molecule has 4 atom stereocenters. The van der Waals surface area contributed by atoms with Gasteiger partial charge in [-0.15, -0.1) is 0 Å². The minimum absolute atomic E-state index is 0.0292. The molecular weight excluding hydrogens is 466 g/mol. The number of aliphatic hydroxyl groups excluding tert-OH is 1. The molecule has 0 fully saturated rings. The zero-order chi connectivity index (χ0) is 26.3. The Kier molecular flexibility index (Phi) is 15.7. The SMILES string of the molecule is CSCCC(NC(=O)C(CC(C)C)NC(=O)C(N)CO)C(=O)NC(CCCN=C(N)N)C(=O)O. The molecule has 4 unspecified atom stereocenters. The lowest BCUT2D eigenvalue weighted by atomic mass is 10.0. The molecule has 0 aliphatic carbocycles. The Labute approximate surface area is 204 Å². The normalized spacial score (nSPS) is 14.4. The molecule has 0 aliphatic heterocycles. The first-order chi connectivity index (χ1) is 15.9. The van der Waals surface area contributed by atoms with E-state index < -0.39 is 54.5 Å². The largest absolute Gasteiger partial charge is 0.480 e. The van der Waals surface area contributed by atoms with Crippen LogP contribution in [0.4, 0.5) is 0 Å². The van der Waals surface area contributed by atoms with Crippen molar-refractivity contribution in [2.24, 2.45) is 28.1 Å². The van der Waals surface area contributed by atoms with Crippen molar-refractivity contribution in [2.75, 3.05) is 25.2 Å². The van der Waals surface area contributed by atoms with Gasteiger partial charge in [0.15, 0.2) is 5.96 Å². The van der Waals surface area contributed by atoms with Gasteiger partial charge in [-0.25, -0.2) is 4.79 Å². The molecule has 0 saturated heterocycles. The number of aliphatic imine (C=N–C) groups is 1. The third kappa shape index (κ3) is 13.2. The lowest BCUT2D eigenvalue weighted by molar-refractivity contribution is -0.142. The molecule has 0 aromatic carbocycles. The summed E-state index contributed by atoms with van der Waals surface area (Å²) in [7, 11) is 0. The predicted octanol–water partition coefficient (Wildman–Crippen LogP) is -2.30. The molecule has 0 radical (unpaired) electrons. The number of carboxylic acids is 1. The Morgan fingerprint density at radius 2 is 1.50 bits per heavy atom. The van der Waals surface area contributed by atoms with E-state index in [2.05, 4.69) is 20.9 Å². The molecule has 13 nitrogen and oxygen atoms in total. The Morgan fingerprint density at radius 1 is 0.941 bits per heavy atom. The smallest absolute Gasteiger partial charge is 0.326 e. The summed E-state index contributed by atoms with van der Waals surface area (Å²) < 4.78 is 0. The Hall–Kier alpha value is -2.58. The van der Waals surface area contributed by atoms with Gasteiger partial charge < -0.3 is 43.4 Å². The van der Waals surface area contributed by atoms with Crippen molar-refractivity contribution in [1.82, 2.24) is 16.0 Å². The Bertz CT molecular complexity index is 703. The average molecular weight is 506 g/mol. The molecule has 0 bridgehead atoms. The molecular formula is C20H39N7O6S. The number of carbonyl (C=O) groups excluding carboxylic acids is 3. The van der Waals surface area contributed by atoms with Crippen molar-refractivity contribution in [3.05, 3.63) is 0 Å². The van der Waals surface area contributed by atoms with Gasteiger partial charge in [0, 0.05) is 6.54 Å². The van der Waals surface area contributed by atoms with Crippen LogP contribution in [0.3, 0.4) is 0 Å². The zero-order valence-electron chi connectivity index (χ0n) is 20.0. The molecule has 0 aromatic rings. The summed E-state index contributed by atoms with van der Waals surface area (Å²) in [6.07, 6.45) is 2.77. The molecule has 34 heavy (non-hydrogen) atoms. The number of carboxylic acid groups (broad SMARTS) is 1. The van der Waals surface area contributed by atoms with Crippen LogP contribution in [0, 0.1) is 5.92 Å². The Balaban J connectivity index is 5.37. The number of hydrogen-bond donors (Lipinski definition) is 8. The molecule has 0 aromatic heterocycles. The van der Waals surface area contributed by atoms with E-state index in [9.17, 15) is 24.3 Å². The number of nitrogens with one attached hydrogen (secondary N) is 3. The fourth-order valence-corrected chi connectivity index (χ4v) is 3.35. The molecule has 14 heteroatoms. The van der Waals surface area contributed by atoms with Gasteiger partial charge in [-0.2, -0.15) is 11.8 Å². The molecule has 0 spiro atoms. The van der Waals surface area contributed by atoms with E-state index in [1.54, 1.807) is 0 Å². The molecule has 11 N–H and O–H groups in total. The van der Waals surface area contributed by atoms with Gasteiger partial charge >= 0.3 is 5.97 Å². The highest BCUT2D eigenvalue weighted by Gasteiger charge is 2.30. The van der Waals surface area contributed by atoms with Crippen molar-refractivity contribution in [2.45, 2.75) is 63.7 Å². The van der Waals surface area contributed by atoms with Gasteiger partial charge in [-0.3, -0.25) is 19.4 Å². The van der Waals surface area contributed by atoms with Gasteiger partial charge in [0.1, 0.15) is 24.2 Å². The van der Waals surface area contributed by atoms with Gasteiger partial charge in [-0.1, -0.05) is 13.8 Å². The number of thioether (sulfide) groups is 1. The number of aliphatic carboxylic acids is 1. The quantitative estimate of drug-likeness (QED) is 0.0597. The fraction of sp³-hybridized carbons (Fsp3) is 0.750. The molecule has 0 saturated carbocycles. The van der Waals surface area contributed by atoms with E-state index in [1.807, 2.05) is 20.1 Å². The maximum absolute atomic E-state index is 12.9. The highest BCUT2D eigenvalue weighted by Crippen LogP contribution is 2.08. The Morgan fingerprint density at radius 3 is 2.00 bits per heavy atom. The molecule has 0 aliphatic rings. The highest BCUT2D eigenvalue weighted by molar-refractivity contribution is 7.98. The van der Waals surface area contributed by atoms with Crippen molar-refractivity contribution in [3.8, 4) is 0 Å². The van der Waals surface area contributed by atoms with Crippen molar-refractivity contribution >= 4 is 41.4 Å². The molecule has 3 amide bonds. The number of nitrogens with zero attached hydrogens (tertiary/aromatic N) is 1. The van der Waals surface area contributed by atoms with Crippen LogP contribution in [0.1, 0.15) is 39.5 Å². The second-order valence-electron chi connectivity index (χ2n) is 8.17. The van der Waals surface area contributed by atoms with Crippen molar-refractivity contribution in [3.63, 3.8) is 0 Å². The lowest BCUT2D eigenvalue weighted by Gasteiger charge is -2.25.